The van der Waals surface area contributed by atoms with Gasteiger partial charge in [-0.25, -0.2) is 0 Å². The molecule has 0 spiro atoms. The van der Waals surface area contributed by atoms with Crippen LogP contribution in [0.5, 0.6) is 0 Å². The average molecular weight is 314 g/mol. The fourth-order valence-electron chi connectivity index (χ4n) is 3.30. The first-order valence-corrected chi connectivity index (χ1v) is 8.57. The summed E-state index contributed by atoms with van der Waals surface area (Å²) in [5.41, 5.74) is 2.44. The summed E-state index contributed by atoms with van der Waals surface area (Å²) in [7, 11) is 1.84. The van der Waals surface area contributed by atoms with Gasteiger partial charge < -0.3 is 15.1 Å². The van der Waals surface area contributed by atoms with Gasteiger partial charge in [0.25, 0.3) is 0 Å². The van der Waals surface area contributed by atoms with E-state index in [0.717, 1.165) is 45.1 Å². The predicted molar refractivity (Wildman–Crippen MR) is 92.1 cm³/mol. The van der Waals surface area contributed by atoms with E-state index in [1.54, 1.807) is 0 Å². The van der Waals surface area contributed by atoms with Gasteiger partial charge in [-0.1, -0.05) is 24.3 Å². The van der Waals surface area contributed by atoms with Gasteiger partial charge in [0.2, 0.25) is 5.91 Å². The lowest BCUT2D eigenvalue weighted by atomic mass is 10.1. The zero-order chi connectivity index (χ0) is 16.1. The van der Waals surface area contributed by atoms with E-state index in [4.69, 9.17) is 0 Å². The van der Waals surface area contributed by atoms with E-state index in [2.05, 4.69) is 39.5 Å². The molecule has 5 nitrogen and oxygen atoms in total. The van der Waals surface area contributed by atoms with E-state index < -0.39 is 0 Å². The molecular weight excluding hydrogens is 288 g/mol. The largest absolute Gasteiger partial charge is 0.352 e. The maximum Gasteiger partial charge on any atom is 0.222 e. The molecule has 1 aromatic carbocycles. The number of amides is 1. The van der Waals surface area contributed by atoms with Gasteiger partial charge in [0.05, 0.1) is 0 Å². The lowest BCUT2D eigenvalue weighted by Gasteiger charge is -2.21. The van der Waals surface area contributed by atoms with Crippen molar-refractivity contribution in [3.8, 4) is 0 Å². The molecule has 3 rings (SSSR count). The molecule has 2 aliphatic heterocycles. The van der Waals surface area contributed by atoms with Gasteiger partial charge in [0.1, 0.15) is 0 Å². The number of benzene rings is 1. The number of carbonyl (C=O) groups excluding carboxylic acids is 1. The summed E-state index contributed by atoms with van der Waals surface area (Å²) in [6, 6.07) is 8.53. The number of rotatable bonds is 4. The van der Waals surface area contributed by atoms with Gasteiger partial charge in [0.15, 0.2) is 5.96 Å². The molecule has 0 bridgehead atoms. The Hall–Kier alpha value is -2.04. The van der Waals surface area contributed by atoms with Crippen molar-refractivity contribution >= 4 is 11.9 Å². The Labute approximate surface area is 138 Å². The van der Waals surface area contributed by atoms with Crippen LogP contribution in [0.15, 0.2) is 29.3 Å². The van der Waals surface area contributed by atoms with Crippen LogP contribution in [0.4, 0.5) is 0 Å². The number of likely N-dealkylation sites (tertiary alicyclic amines) is 2. The quantitative estimate of drug-likeness (QED) is 0.683. The van der Waals surface area contributed by atoms with Gasteiger partial charge in [-0.05, 0) is 30.4 Å². The number of aliphatic imine (C=N–C) groups is 1. The molecule has 0 aromatic heterocycles. The molecule has 2 heterocycles. The number of nitrogens with zero attached hydrogens (tertiary/aromatic N) is 3. The fourth-order valence-corrected chi connectivity index (χ4v) is 3.30. The van der Waals surface area contributed by atoms with E-state index >= 15 is 0 Å². The summed E-state index contributed by atoms with van der Waals surface area (Å²) in [6.07, 6.45) is 4.21. The summed E-state index contributed by atoms with van der Waals surface area (Å²) >= 11 is 0. The highest BCUT2D eigenvalue weighted by atomic mass is 16.2. The number of guanidine groups is 1. The fraction of sp³-hybridized carbons (Fsp3) is 0.556. The van der Waals surface area contributed by atoms with E-state index in [-0.39, 0.29) is 5.91 Å². The SMILES string of the molecule is CN=C(NCc1ccc(CN2CCCC2=O)cc1)N1CCCC1. The standard InChI is InChI=1S/C18H26N4O/c1-19-18(21-10-2-3-11-21)20-13-15-6-8-16(9-7-15)14-22-12-4-5-17(22)23/h6-9H,2-5,10-14H2,1H3,(H,19,20). The highest BCUT2D eigenvalue weighted by molar-refractivity contribution is 5.80. The minimum Gasteiger partial charge on any atom is -0.352 e. The lowest BCUT2D eigenvalue weighted by Crippen LogP contribution is -2.39. The molecule has 1 aromatic rings. The van der Waals surface area contributed by atoms with Crippen molar-refractivity contribution < 1.29 is 4.79 Å². The van der Waals surface area contributed by atoms with Crippen molar-refractivity contribution in [2.45, 2.75) is 38.8 Å². The number of hydrogen-bond donors (Lipinski definition) is 1. The van der Waals surface area contributed by atoms with E-state index in [9.17, 15) is 4.79 Å². The minimum absolute atomic E-state index is 0.283. The first-order valence-electron chi connectivity index (χ1n) is 8.57. The Morgan fingerprint density at radius 2 is 1.78 bits per heavy atom. The van der Waals surface area contributed by atoms with Crippen molar-refractivity contribution in [3.63, 3.8) is 0 Å². The Morgan fingerprint density at radius 3 is 2.39 bits per heavy atom. The van der Waals surface area contributed by atoms with Crippen LogP contribution < -0.4 is 5.32 Å². The molecule has 1 N–H and O–H groups in total. The second-order valence-corrected chi connectivity index (χ2v) is 6.33. The van der Waals surface area contributed by atoms with Crippen molar-refractivity contribution in [3.05, 3.63) is 35.4 Å². The maximum atomic E-state index is 11.7. The third-order valence-electron chi connectivity index (χ3n) is 4.64. The number of hydrogen-bond acceptors (Lipinski definition) is 2. The van der Waals surface area contributed by atoms with E-state index in [1.165, 1.54) is 24.0 Å². The summed E-state index contributed by atoms with van der Waals surface area (Å²) in [5.74, 6) is 1.28. The third kappa shape index (κ3) is 4.03. The highest BCUT2D eigenvalue weighted by Crippen LogP contribution is 2.15. The molecule has 2 saturated heterocycles. The van der Waals surface area contributed by atoms with Crippen LogP contribution in [-0.2, 0) is 17.9 Å². The number of nitrogens with one attached hydrogen (secondary N) is 1. The molecular formula is C18H26N4O. The second-order valence-electron chi connectivity index (χ2n) is 6.33. The van der Waals surface area contributed by atoms with Crippen molar-refractivity contribution in [1.82, 2.24) is 15.1 Å². The summed E-state index contributed by atoms with van der Waals surface area (Å²) in [6.45, 7) is 4.62. The maximum absolute atomic E-state index is 11.7. The highest BCUT2D eigenvalue weighted by Gasteiger charge is 2.20. The van der Waals surface area contributed by atoms with Gasteiger partial charge in [0, 0.05) is 46.2 Å². The monoisotopic (exact) mass is 314 g/mol. The van der Waals surface area contributed by atoms with Crippen LogP contribution in [0.2, 0.25) is 0 Å². The molecule has 1 amide bonds. The molecule has 124 valence electrons. The third-order valence-corrected chi connectivity index (χ3v) is 4.64. The summed E-state index contributed by atoms with van der Waals surface area (Å²) < 4.78 is 0. The van der Waals surface area contributed by atoms with Gasteiger partial charge in [-0.2, -0.15) is 0 Å². The van der Waals surface area contributed by atoms with Crippen LogP contribution in [0, 0.1) is 0 Å². The number of carbonyl (C=O) groups is 1. The Balaban J connectivity index is 1.51. The Morgan fingerprint density at radius 1 is 1.09 bits per heavy atom. The van der Waals surface area contributed by atoms with Crippen molar-refractivity contribution in [2.24, 2.45) is 4.99 Å². The lowest BCUT2D eigenvalue weighted by molar-refractivity contribution is -0.128. The smallest absolute Gasteiger partial charge is 0.222 e. The zero-order valence-electron chi connectivity index (χ0n) is 13.9. The summed E-state index contributed by atoms with van der Waals surface area (Å²) in [4.78, 5) is 20.3. The van der Waals surface area contributed by atoms with Crippen LogP contribution >= 0.6 is 0 Å². The minimum atomic E-state index is 0.283. The van der Waals surface area contributed by atoms with E-state index in [1.807, 2.05) is 11.9 Å². The van der Waals surface area contributed by atoms with Crippen LogP contribution in [0.1, 0.15) is 36.8 Å². The van der Waals surface area contributed by atoms with Crippen LogP contribution in [0.3, 0.4) is 0 Å². The summed E-state index contributed by atoms with van der Waals surface area (Å²) in [5, 5.41) is 3.44. The molecule has 23 heavy (non-hydrogen) atoms. The van der Waals surface area contributed by atoms with Crippen LogP contribution in [0.25, 0.3) is 0 Å². The second kappa shape index (κ2) is 7.49. The van der Waals surface area contributed by atoms with Crippen molar-refractivity contribution in [1.29, 1.82) is 0 Å². The van der Waals surface area contributed by atoms with Crippen LogP contribution in [-0.4, -0.2) is 48.3 Å². The average Bonchev–Trinajstić information content (AvgIpc) is 3.22. The topological polar surface area (TPSA) is 47.9 Å². The molecule has 2 aliphatic rings. The van der Waals surface area contributed by atoms with Gasteiger partial charge in [-0.15, -0.1) is 0 Å². The van der Waals surface area contributed by atoms with E-state index in [0.29, 0.717) is 6.42 Å². The molecule has 5 heteroatoms. The van der Waals surface area contributed by atoms with Gasteiger partial charge >= 0.3 is 0 Å². The zero-order valence-corrected chi connectivity index (χ0v) is 13.9. The predicted octanol–water partition coefficient (Wildman–Crippen LogP) is 1.98. The van der Waals surface area contributed by atoms with Crippen molar-refractivity contribution in [2.75, 3.05) is 26.7 Å². The molecule has 2 fully saturated rings. The Bertz CT molecular complexity index is 561. The molecule has 0 atom stereocenters. The first kappa shape index (κ1) is 15.8. The van der Waals surface area contributed by atoms with Gasteiger partial charge in [-0.3, -0.25) is 9.79 Å². The first-order chi connectivity index (χ1) is 11.3. The normalized spacial score (nSPS) is 18.8. The molecule has 0 unspecified atom stereocenters. The molecule has 0 radical (unpaired) electrons. The molecule has 0 aliphatic carbocycles. The molecule has 0 saturated carbocycles. The Kier molecular flexibility index (Phi) is 5.16.